The van der Waals surface area contributed by atoms with E-state index >= 15 is 0 Å². The Hall–Kier alpha value is -4.94. The van der Waals surface area contributed by atoms with Crippen molar-refractivity contribution in [2.24, 2.45) is 0 Å². The van der Waals surface area contributed by atoms with Gasteiger partial charge in [0.15, 0.2) is 0 Å². The van der Waals surface area contributed by atoms with Gasteiger partial charge in [-0.3, -0.25) is 0 Å². The van der Waals surface area contributed by atoms with Gasteiger partial charge in [0.2, 0.25) is 0 Å². The lowest BCUT2D eigenvalue weighted by atomic mass is 9.77. The third kappa shape index (κ3) is 3.54. The Balaban J connectivity index is 1.42. The Bertz CT molecular complexity index is 2040. The highest BCUT2D eigenvalue weighted by atomic mass is 14.4. The van der Waals surface area contributed by atoms with Crippen LogP contribution in [0.1, 0.15) is 25.0 Å². The van der Waals surface area contributed by atoms with Crippen molar-refractivity contribution >= 4 is 21.5 Å². The Morgan fingerprint density at radius 3 is 1.46 bits per heavy atom. The summed E-state index contributed by atoms with van der Waals surface area (Å²) in [6.45, 7) is 4.77. The highest BCUT2D eigenvalue weighted by Gasteiger charge is 2.37. The third-order valence-corrected chi connectivity index (χ3v) is 9.06. The molecule has 0 nitrogen and oxygen atoms in total. The predicted molar refractivity (Wildman–Crippen MR) is 175 cm³/mol. The lowest BCUT2D eigenvalue weighted by Gasteiger charge is -2.26. The van der Waals surface area contributed by atoms with E-state index in [1.165, 1.54) is 77.2 Å². The number of rotatable bonds is 3. The Morgan fingerprint density at radius 2 is 0.805 bits per heavy atom. The van der Waals surface area contributed by atoms with Crippen LogP contribution in [0, 0.1) is 0 Å². The quantitative estimate of drug-likeness (QED) is 0.202. The van der Waals surface area contributed by atoms with E-state index in [4.69, 9.17) is 0 Å². The standard InChI is InChI=1S/C41H30/c1-41(2)37-22-11-10-15-30(37)35-20-12-21-36(40(35)41)39-33-18-8-6-16-31(33)38(32-17-7-9-19-34(32)39)29-25-23-28(24-26-29)27-13-4-3-5-14-27/h3-26H,1-2H3. The summed E-state index contributed by atoms with van der Waals surface area (Å²) in [4.78, 5) is 0. The molecule has 0 spiro atoms. The average Bonchev–Trinajstić information content (AvgIpc) is 3.27. The maximum Gasteiger partial charge on any atom is 0.0165 e. The van der Waals surface area contributed by atoms with E-state index in [2.05, 4.69) is 159 Å². The first-order valence-electron chi connectivity index (χ1n) is 14.5. The van der Waals surface area contributed by atoms with Gasteiger partial charge in [-0.25, -0.2) is 0 Å². The van der Waals surface area contributed by atoms with Crippen LogP contribution in [0.15, 0.2) is 146 Å². The molecule has 0 bridgehead atoms. The smallest absolute Gasteiger partial charge is 0.0165 e. The van der Waals surface area contributed by atoms with E-state index in [9.17, 15) is 0 Å². The van der Waals surface area contributed by atoms with Crippen LogP contribution in [-0.4, -0.2) is 0 Å². The molecule has 0 aliphatic heterocycles. The Labute approximate surface area is 241 Å². The second kappa shape index (κ2) is 9.04. The van der Waals surface area contributed by atoms with Gasteiger partial charge in [0.25, 0.3) is 0 Å². The van der Waals surface area contributed by atoms with Crippen molar-refractivity contribution in [2.75, 3.05) is 0 Å². The molecule has 1 aliphatic rings. The highest BCUT2D eigenvalue weighted by Crippen LogP contribution is 2.54. The van der Waals surface area contributed by atoms with Crippen molar-refractivity contribution < 1.29 is 0 Å². The van der Waals surface area contributed by atoms with Gasteiger partial charge in [-0.15, -0.1) is 0 Å². The van der Waals surface area contributed by atoms with Crippen molar-refractivity contribution in [3.8, 4) is 44.5 Å². The van der Waals surface area contributed by atoms with Crippen molar-refractivity contribution in [1.29, 1.82) is 0 Å². The molecule has 1 aliphatic carbocycles. The molecule has 0 heteroatoms. The summed E-state index contributed by atoms with van der Waals surface area (Å²) in [5.74, 6) is 0. The van der Waals surface area contributed by atoms with E-state index in [1.54, 1.807) is 0 Å². The van der Waals surface area contributed by atoms with E-state index in [1.807, 2.05) is 0 Å². The number of fused-ring (bicyclic) bond motifs is 5. The van der Waals surface area contributed by atoms with Crippen molar-refractivity contribution in [1.82, 2.24) is 0 Å². The molecule has 0 atom stereocenters. The first-order chi connectivity index (χ1) is 20.1. The fourth-order valence-corrected chi connectivity index (χ4v) is 7.25. The maximum atomic E-state index is 2.38. The number of hydrogen-bond acceptors (Lipinski definition) is 0. The summed E-state index contributed by atoms with van der Waals surface area (Å²) < 4.78 is 0. The fourth-order valence-electron chi connectivity index (χ4n) is 7.25. The van der Waals surface area contributed by atoms with Crippen LogP contribution in [0.2, 0.25) is 0 Å². The minimum atomic E-state index is -0.0866. The van der Waals surface area contributed by atoms with Crippen LogP contribution in [0.4, 0.5) is 0 Å². The molecule has 0 radical (unpaired) electrons. The molecular formula is C41H30. The summed E-state index contributed by atoms with van der Waals surface area (Å²) in [5, 5.41) is 5.18. The van der Waals surface area contributed by atoms with E-state index in [0.29, 0.717) is 0 Å². The normalized spacial score (nSPS) is 13.3. The second-order valence-electron chi connectivity index (χ2n) is 11.7. The maximum absolute atomic E-state index is 2.38. The van der Waals surface area contributed by atoms with Crippen LogP contribution in [0.3, 0.4) is 0 Å². The molecule has 0 heterocycles. The number of benzene rings is 7. The summed E-state index contributed by atoms with van der Waals surface area (Å²) >= 11 is 0. The van der Waals surface area contributed by atoms with Gasteiger partial charge in [-0.05, 0) is 77.2 Å². The minimum absolute atomic E-state index is 0.0866. The van der Waals surface area contributed by atoms with Gasteiger partial charge < -0.3 is 0 Å². The van der Waals surface area contributed by atoms with Gasteiger partial charge in [-0.2, -0.15) is 0 Å². The molecule has 7 aromatic rings. The summed E-state index contributed by atoms with van der Waals surface area (Å²) in [6, 6.07) is 53.5. The molecule has 194 valence electrons. The summed E-state index contributed by atoms with van der Waals surface area (Å²) in [6.07, 6.45) is 0. The van der Waals surface area contributed by atoms with Crippen molar-refractivity contribution in [3.05, 3.63) is 157 Å². The Morgan fingerprint density at radius 1 is 0.341 bits per heavy atom. The van der Waals surface area contributed by atoms with Crippen LogP contribution >= 0.6 is 0 Å². The van der Waals surface area contributed by atoms with Crippen LogP contribution < -0.4 is 0 Å². The van der Waals surface area contributed by atoms with Crippen LogP contribution in [-0.2, 0) is 5.41 Å². The summed E-state index contributed by atoms with van der Waals surface area (Å²) in [5.41, 5.74) is 13.2. The lowest BCUT2D eigenvalue weighted by Crippen LogP contribution is -2.16. The SMILES string of the molecule is CC1(C)c2ccccc2-c2cccc(-c3c4ccccc4c(-c4ccc(-c5ccccc5)cc4)c4ccccc34)c21. The molecular weight excluding hydrogens is 492 g/mol. The molecule has 0 aromatic heterocycles. The fraction of sp³-hybridized carbons (Fsp3) is 0.0732. The molecule has 0 unspecified atom stereocenters. The molecule has 7 aromatic carbocycles. The van der Waals surface area contributed by atoms with E-state index < -0.39 is 0 Å². The van der Waals surface area contributed by atoms with Gasteiger partial charge in [0.1, 0.15) is 0 Å². The molecule has 0 fully saturated rings. The predicted octanol–water partition coefficient (Wildman–Crippen LogP) is 11.3. The zero-order valence-corrected chi connectivity index (χ0v) is 23.4. The topological polar surface area (TPSA) is 0 Å². The molecule has 0 amide bonds. The molecule has 41 heavy (non-hydrogen) atoms. The highest BCUT2D eigenvalue weighted by molar-refractivity contribution is 6.22. The molecule has 8 rings (SSSR count). The molecule has 0 N–H and O–H groups in total. The second-order valence-corrected chi connectivity index (χ2v) is 11.7. The third-order valence-electron chi connectivity index (χ3n) is 9.06. The monoisotopic (exact) mass is 522 g/mol. The van der Waals surface area contributed by atoms with Gasteiger partial charge >= 0.3 is 0 Å². The lowest BCUT2D eigenvalue weighted by molar-refractivity contribution is 0.662. The van der Waals surface area contributed by atoms with Gasteiger partial charge in [0.05, 0.1) is 0 Å². The largest absolute Gasteiger partial charge is 0.0622 e. The Kier molecular flexibility index (Phi) is 5.27. The van der Waals surface area contributed by atoms with Gasteiger partial charge in [0, 0.05) is 5.41 Å². The van der Waals surface area contributed by atoms with E-state index in [-0.39, 0.29) is 5.41 Å². The number of hydrogen-bond donors (Lipinski definition) is 0. The first-order valence-corrected chi connectivity index (χ1v) is 14.5. The zero-order chi connectivity index (χ0) is 27.6. The van der Waals surface area contributed by atoms with Crippen LogP contribution in [0.25, 0.3) is 66.1 Å². The van der Waals surface area contributed by atoms with Gasteiger partial charge in [-0.1, -0.05) is 159 Å². The zero-order valence-electron chi connectivity index (χ0n) is 23.4. The van der Waals surface area contributed by atoms with E-state index in [0.717, 1.165) is 0 Å². The van der Waals surface area contributed by atoms with Crippen molar-refractivity contribution in [3.63, 3.8) is 0 Å². The summed E-state index contributed by atoms with van der Waals surface area (Å²) in [7, 11) is 0. The molecule has 0 saturated heterocycles. The first kappa shape index (κ1) is 23.9. The molecule has 0 saturated carbocycles. The van der Waals surface area contributed by atoms with Crippen molar-refractivity contribution in [2.45, 2.75) is 19.3 Å². The minimum Gasteiger partial charge on any atom is -0.0622 e. The van der Waals surface area contributed by atoms with Crippen LogP contribution in [0.5, 0.6) is 0 Å². The average molecular weight is 523 g/mol.